The van der Waals surface area contributed by atoms with Gasteiger partial charge in [0, 0.05) is 25.8 Å². The number of fused-ring (bicyclic) bond motifs is 1. The molecule has 6 heteroatoms. The van der Waals surface area contributed by atoms with E-state index in [-0.39, 0.29) is 0 Å². The summed E-state index contributed by atoms with van der Waals surface area (Å²) in [5.41, 5.74) is 3.30. The first kappa shape index (κ1) is 12.1. The van der Waals surface area contributed by atoms with Crippen LogP contribution in [0, 0.1) is 11.3 Å². The Labute approximate surface area is 115 Å². The molecule has 6 nitrogen and oxygen atoms in total. The Hall–Kier alpha value is -2.94. The van der Waals surface area contributed by atoms with Gasteiger partial charge >= 0.3 is 0 Å². The topological polar surface area (TPSA) is 70.6 Å². The van der Waals surface area contributed by atoms with Crippen molar-refractivity contribution in [2.24, 2.45) is 7.05 Å². The van der Waals surface area contributed by atoms with Gasteiger partial charge in [0.1, 0.15) is 23.9 Å². The van der Waals surface area contributed by atoms with Crippen LogP contribution < -0.4 is 4.90 Å². The summed E-state index contributed by atoms with van der Waals surface area (Å²) in [6.45, 7) is 0. The van der Waals surface area contributed by atoms with Crippen LogP contribution in [0.1, 0.15) is 5.69 Å². The number of aryl methyl sites for hydroxylation is 1. The molecule has 0 aliphatic carbocycles. The third kappa shape index (κ3) is 1.95. The molecular formula is C14H12N6. The fraction of sp³-hybridized carbons (Fsp3) is 0.143. The first-order chi connectivity index (χ1) is 9.69. The molecule has 20 heavy (non-hydrogen) atoms. The number of aromatic nitrogens is 4. The van der Waals surface area contributed by atoms with Gasteiger partial charge in [-0.2, -0.15) is 5.26 Å². The molecule has 0 aliphatic rings. The molecule has 0 saturated carbocycles. The van der Waals surface area contributed by atoms with Gasteiger partial charge in [-0.3, -0.25) is 0 Å². The van der Waals surface area contributed by atoms with Crippen LogP contribution in [0.2, 0.25) is 0 Å². The van der Waals surface area contributed by atoms with E-state index < -0.39 is 0 Å². The zero-order chi connectivity index (χ0) is 14.1. The second-order valence-corrected chi connectivity index (χ2v) is 4.46. The summed E-state index contributed by atoms with van der Waals surface area (Å²) in [5.74, 6) is 0.673. The Bertz CT molecular complexity index is 814. The molecule has 0 radical (unpaired) electrons. The minimum absolute atomic E-state index is 0.348. The van der Waals surface area contributed by atoms with Crippen molar-refractivity contribution in [2.45, 2.75) is 0 Å². The molecule has 0 fully saturated rings. The van der Waals surface area contributed by atoms with Crippen LogP contribution in [0.25, 0.3) is 11.0 Å². The lowest BCUT2D eigenvalue weighted by molar-refractivity contribution is 0.947. The lowest BCUT2D eigenvalue weighted by atomic mass is 10.2. The quantitative estimate of drug-likeness (QED) is 0.708. The average Bonchev–Trinajstić information content (AvgIpc) is 2.87. The standard InChI is InChI=1S/C14H12N6/c1-19-9-18-12-6-11(3-4-13(12)19)20(2)14-5-10(7-15)16-8-17-14/h3-6,8-9H,1-2H3. The van der Waals surface area contributed by atoms with Gasteiger partial charge in [-0.05, 0) is 18.2 Å². The molecule has 3 aromatic rings. The van der Waals surface area contributed by atoms with Crippen LogP contribution >= 0.6 is 0 Å². The van der Waals surface area contributed by atoms with Crippen LogP contribution in [-0.4, -0.2) is 26.6 Å². The van der Waals surface area contributed by atoms with Crippen molar-refractivity contribution in [3.63, 3.8) is 0 Å². The highest BCUT2D eigenvalue weighted by atomic mass is 15.2. The van der Waals surface area contributed by atoms with Gasteiger partial charge in [-0.15, -0.1) is 0 Å². The Morgan fingerprint density at radius 3 is 2.85 bits per heavy atom. The fourth-order valence-corrected chi connectivity index (χ4v) is 2.06. The summed E-state index contributed by atoms with van der Waals surface area (Å²) in [6.07, 6.45) is 3.18. The van der Waals surface area contributed by atoms with E-state index in [2.05, 4.69) is 15.0 Å². The van der Waals surface area contributed by atoms with Crippen molar-refractivity contribution in [3.05, 3.63) is 42.6 Å². The summed E-state index contributed by atoms with van der Waals surface area (Å²) >= 11 is 0. The molecule has 0 amide bonds. The molecule has 2 aromatic heterocycles. The number of hydrogen-bond donors (Lipinski definition) is 0. The molecule has 2 heterocycles. The van der Waals surface area contributed by atoms with E-state index in [1.54, 1.807) is 12.4 Å². The van der Waals surface area contributed by atoms with Crippen LogP contribution in [0.5, 0.6) is 0 Å². The summed E-state index contributed by atoms with van der Waals surface area (Å²) in [4.78, 5) is 14.3. The van der Waals surface area contributed by atoms with E-state index in [0.29, 0.717) is 11.5 Å². The molecule has 0 spiro atoms. The SMILES string of the molecule is CN(c1ccc2c(c1)ncn2C)c1cc(C#N)ncn1. The van der Waals surface area contributed by atoms with Crippen molar-refractivity contribution in [1.29, 1.82) is 5.26 Å². The molecule has 0 saturated heterocycles. The van der Waals surface area contributed by atoms with Crippen molar-refractivity contribution in [3.8, 4) is 6.07 Å². The maximum atomic E-state index is 8.89. The van der Waals surface area contributed by atoms with E-state index in [0.717, 1.165) is 16.7 Å². The van der Waals surface area contributed by atoms with E-state index in [1.807, 2.05) is 47.8 Å². The number of rotatable bonds is 2. The Kier molecular flexibility index (Phi) is 2.80. The minimum Gasteiger partial charge on any atom is -0.334 e. The highest BCUT2D eigenvalue weighted by Gasteiger charge is 2.09. The normalized spacial score (nSPS) is 10.4. The third-order valence-corrected chi connectivity index (χ3v) is 3.21. The highest BCUT2D eigenvalue weighted by Crippen LogP contribution is 2.25. The molecule has 1 aromatic carbocycles. The number of nitriles is 1. The van der Waals surface area contributed by atoms with Gasteiger partial charge < -0.3 is 9.47 Å². The molecule has 0 N–H and O–H groups in total. The maximum Gasteiger partial charge on any atom is 0.145 e. The van der Waals surface area contributed by atoms with E-state index in [4.69, 9.17) is 5.26 Å². The number of anilines is 2. The molecule has 0 bridgehead atoms. The maximum absolute atomic E-state index is 8.89. The monoisotopic (exact) mass is 264 g/mol. The molecule has 0 atom stereocenters. The second kappa shape index (κ2) is 4.63. The lowest BCUT2D eigenvalue weighted by Crippen LogP contribution is -2.11. The smallest absolute Gasteiger partial charge is 0.145 e. The van der Waals surface area contributed by atoms with Crippen molar-refractivity contribution >= 4 is 22.5 Å². The van der Waals surface area contributed by atoms with Crippen LogP contribution in [0.3, 0.4) is 0 Å². The highest BCUT2D eigenvalue weighted by molar-refractivity contribution is 5.81. The van der Waals surface area contributed by atoms with Crippen molar-refractivity contribution < 1.29 is 0 Å². The second-order valence-electron chi connectivity index (χ2n) is 4.46. The first-order valence-corrected chi connectivity index (χ1v) is 6.06. The van der Waals surface area contributed by atoms with E-state index in [1.165, 1.54) is 6.33 Å². The van der Waals surface area contributed by atoms with Crippen molar-refractivity contribution in [1.82, 2.24) is 19.5 Å². The van der Waals surface area contributed by atoms with Gasteiger partial charge in [0.25, 0.3) is 0 Å². The van der Waals surface area contributed by atoms with Gasteiger partial charge in [0.05, 0.1) is 17.4 Å². The summed E-state index contributed by atoms with van der Waals surface area (Å²) in [5, 5.41) is 8.89. The zero-order valence-electron chi connectivity index (χ0n) is 11.1. The van der Waals surface area contributed by atoms with Gasteiger partial charge in [-0.1, -0.05) is 0 Å². The lowest BCUT2D eigenvalue weighted by Gasteiger charge is -2.18. The Morgan fingerprint density at radius 2 is 2.05 bits per heavy atom. The van der Waals surface area contributed by atoms with Crippen LogP contribution in [-0.2, 0) is 7.05 Å². The predicted octanol–water partition coefficient (Wildman–Crippen LogP) is 2.00. The minimum atomic E-state index is 0.348. The summed E-state index contributed by atoms with van der Waals surface area (Å²) in [6, 6.07) is 9.67. The van der Waals surface area contributed by atoms with Gasteiger partial charge in [0.15, 0.2) is 0 Å². The Morgan fingerprint density at radius 1 is 1.20 bits per heavy atom. The van der Waals surface area contributed by atoms with Gasteiger partial charge in [-0.25, -0.2) is 15.0 Å². The van der Waals surface area contributed by atoms with Crippen LogP contribution in [0.15, 0.2) is 36.9 Å². The fourth-order valence-electron chi connectivity index (χ4n) is 2.06. The Balaban J connectivity index is 2.03. The largest absolute Gasteiger partial charge is 0.334 e. The summed E-state index contributed by atoms with van der Waals surface area (Å²) < 4.78 is 1.97. The van der Waals surface area contributed by atoms with Gasteiger partial charge in [0.2, 0.25) is 0 Å². The van der Waals surface area contributed by atoms with Crippen LogP contribution in [0.4, 0.5) is 11.5 Å². The molecule has 98 valence electrons. The molecular weight excluding hydrogens is 252 g/mol. The van der Waals surface area contributed by atoms with E-state index >= 15 is 0 Å². The number of nitrogens with zero attached hydrogens (tertiary/aromatic N) is 6. The average molecular weight is 264 g/mol. The molecule has 3 rings (SSSR count). The van der Waals surface area contributed by atoms with E-state index in [9.17, 15) is 0 Å². The van der Waals surface area contributed by atoms with Crippen molar-refractivity contribution in [2.75, 3.05) is 11.9 Å². The first-order valence-electron chi connectivity index (χ1n) is 6.06. The zero-order valence-corrected chi connectivity index (χ0v) is 11.1. The number of imidazole rings is 1. The molecule has 0 aliphatic heterocycles. The number of hydrogen-bond acceptors (Lipinski definition) is 5. The third-order valence-electron chi connectivity index (χ3n) is 3.21. The molecule has 0 unspecified atom stereocenters. The number of benzene rings is 1. The summed E-state index contributed by atoms with van der Waals surface area (Å²) in [7, 11) is 3.86. The predicted molar refractivity (Wildman–Crippen MR) is 75.5 cm³/mol.